The van der Waals surface area contributed by atoms with Crippen LogP contribution in [0.4, 0.5) is 5.69 Å². The molecule has 0 aliphatic carbocycles. The standard InChI is InChI=1S/C30H32N2O3/c1-5-35-25-17-11-22(12-18-25)26-27(31-24-15-13-23(14-16-24)30(2,3)4)29(34)32(28(26)33)20-19-21-9-7-6-8-10-21/h6-18,31H,5,19-20H2,1-4H3. The number of carbonyl (C=O) groups is 2. The highest BCUT2D eigenvalue weighted by Gasteiger charge is 2.39. The van der Waals surface area contributed by atoms with Crippen molar-refractivity contribution in [2.24, 2.45) is 0 Å². The highest BCUT2D eigenvalue weighted by Crippen LogP contribution is 2.32. The fourth-order valence-corrected chi connectivity index (χ4v) is 4.13. The molecule has 0 fully saturated rings. The maximum Gasteiger partial charge on any atom is 0.278 e. The summed E-state index contributed by atoms with van der Waals surface area (Å²) in [5, 5.41) is 3.25. The van der Waals surface area contributed by atoms with Crippen molar-refractivity contribution in [2.45, 2.75) is 39.5 Å². The normalized spacial score (nSPS) is 14.0. The van der Waals surface area contributed by atoms with Gasteiger partial charge in [-0.1, -0.05) is 75.4 Å². The van der Waals surface area contributed by atoms with E-state index < -0.39 is 0 Å². The third-order valence-electron chi connectivity index (χ3n) is 6.11. The first-order chi connectivity index (χ1) is 16.8. The van der Waals surface area contributed by atoms with Gasteiger partial charge in [-0.15, -0.1) is 0 Å². The molecule has 1 N–H and O–H groups in total. The van der Waals surface area contributed by atoms with Crippen molar-refractivity contribution in [1.29, 1.82) is 0 Å². The Kier molecular flexibility index (Phi) is 7.06. The van der Waals surface area contributed by atoms with E-state index in [2.05, 4.69) is 26.1 Å². The van der Waals surface area contributed by atoms with Crippen molar-refractivity contribution in [3.63, 3.8) is 0 Å². The average molecular weight is 469 g/mol. The summed E-state index contributed by atoms with van der Waals surface area (Å²) in [5.41, 5.74) is 4.43. The minimum absolute atomic E-state index is 0.0264. The predicted molar refractivity (Wildman–Crippen MR) is 140 cm³/mol. The largest absolute Gasteiger partial charge is 0.494 e. The fraction of sp³-hybridized carbons (Fsp3) is 0.267. The first kappa shape index (κ1) is 24.3. The van der Waals surface area contributed by atoms with Crippen molar-refractivity contribution < 1.29 is 14.3 Å². The molecule has 1 heterocycles. The van der Waals surface area contributed by atoms with E-state index in [1.165, 1.54) is 10.5 Å². The second-order valence-electron chi connectivity index (χ2n) is 9.66. The number of benzene rings is 3. The van der Waals surface area contributed by atoms with Gasteiger partial charge in [-0.2, -0.15) is 0 Å². The molecule has 0 unspecified atom stereocenters. The molecule has 3 aromatic rings. The van der Waals surface area contributed by atoms with Crippen LogP contribution in [-0.2, 0) is 21.4 Å². The van der Waals surface area contributed by atoms with Crippen molar-refractivity contribution in [2.75, 3.05) is 18.5 Å². The number of nitrogens with one attached hydrogen (secondary N) is 1. The zero-order valence-electron chi connectivity index (χ0n) is 20.8. The van der Waals surface area contributed by atoms with Gasteiger partial charge in [0, 0.05) is 12.2 Å². The molecule has 1 aliphatic heterocycles. The van der Waals surface area contributed by atoms with E-state index in [0.29, 0.717) is 36.4 Å². The lowest BCUT2D eigenvalue weighted by atomic mass is 9.87. The summed E-state index contributed by atoms with van der Waals surface area (Å²) in [6.07, 6.45) is 0.600. The minimum atomic E-state index is -0.310. The van der Waals surface area contributed by atoms with Gasteiger partial charge >= 0.3 is 0 Å². The summed E-state index contributed by atoms with van der Waals surface area (Å²) in [4.78, 5) is 28.3. The molecular weight excluding hydrogens is 436 g/mol. The van der Waals surface area contributed by atoms with Gasteiger partial charge in [-0.3, -0.25) is 14.5 Å². The van der Waals surface area contributed by atoms with Gasteiger partial charge in [-0.25, -0.2) is 0 Å². The molecule has 0 saturated carbocycles. The summed E-state index contributed by atoms with van der Waals surface area (Å²) in [7, 11) is 0. The van der Waals surface area contributed by atoms with Crippen molar-refractivity contribution >= 4 is 23.1 Å². The summed E-state index contributed by atoms with van der Waals surface area (Å²) >= 11 is 0. The average Bonchev–Trinajstić information content (AvgIpc) is 3.07. The lowest BCUT2D eigenvalue weighted by molar-refractivity contribution is -0.136. The number of hydrogen-bond acceptors (Lipinski definition) is 4. The Balaban J connectivity index is 1.65. The number of ether oxygens (including phenoxy) is 1. The van der Waals surface area contributed by atoms with Crippen LogP contribution in [0, 0.1) is 0 Å². The fourth-order valence-electron chi connectivity index (χ4n) is 4.13. The summed E-state index contributed by atoms with van der Waals surface area (Å²) in [6, 6.07) is 25.2. The van der Waals surface area contributed by atoms with Crippen LogP contribution >= 0.6 is 0 Å². The smallest absolute Gasteiger partial charge is 0.278 e. The molecule has 0 saturated heterocycles. The minimum Gasteiger partial charge on any atom is -0.494 e. The van der Waals surface area contributed by atoms with Crippen LogP contribution < -0.4 is 10.1 Å². The van der Waals surface area contributed by atoms with Crippen LogP contribution in [0.3, 0.4) is 0 Å². The van der Waals surface area contributed by atoms with Crippen LogP contribution in [0.15, 0.2) is 84.6 Å². The second kappa shape index (κ2) is 10.2. The number of amides is 2. The maximum atomic E-state index is 13.5. The van der Waals surface area contributed by atoms with Gasteiger partial charge in [0.15, 0.2) is 0 Å². The number of carbonyl (C=O) groups excluding carboxylic acids is 2. The lowest BCUT2D eigenvalue weighted by Crippen LogP contribution is -2.34. The molecule has 0 bridgehead atoms. The molecule has 4 rings (SSSR count). The van der Waals surface area contributed by atoms with E-state index in [0.717, 1.165) is 17.0 Å². The van der Waals surface area contributed by atoms with E-state index >= 15 is 0 Å². The summed E-state index contributed by atoms with van der Waals surface area (Å²) < 4.78 is 5.55. The molecule has 0 radical (unpaired) electrons. The van der Waals surface area contributed by atoms with E-state index in [9.17, 15) is 9.59 Å². The zero-order chi connectivity index (χ0) is 25.0. The Labute approximate surface area is 207 Å². The van der Waals surface area contributed by atoms with Gasteiger partial charge < -0.3 is 10.1 Å². The number of anilines is 1. The molecule has 0 spiro atoms. The molecule has 2 amide bonds. The third-order valence-corrected chi connectivity index (χ3v) is 6.11. The highest BCUT2D eigenvalue weighted by molar-refractivity contribution is 6.36. The predicted octanol–water partition coefficient (Wildman–Crippen LogP) is 5.82. The lowest BCUT2D eigenvalue weighted by Gasteiger charge is -2.19. The molecule has 0 atom stereocenters. The van der Waals surface area contributed by atoms with Gasteiger partial charge in [-0.05, 0) is 59.7 Å². The summed E-state index contributed by atoms with van der Waals surface area (Å²) in [5.74, 6) is 0.125. The quantitative estimate of drug-likeness (QED) is 0.424. The zero-order valence-corrected chi connectivity index (χ0v) is 20.8. The van der Waals surface area contributed by atoms with E-state index in [-0.39, 0.29) is 17.2 Å². The van der Waals surface area contributed by atoms with E-state index in [1.54, 1.807) is 0 Å². The molecule has 5 heteroatoms. The van der Waals surface area contributed by atoms with Crippen LogP contribution in [0.5, 0.6) is 5.75 Å². The molecule has 5 nitrogen and oxygen atoms in total. The Morgan fingerprint density at radius 3 is 2.09 bits per heavy atom. The first-order valence-electron chi connectivity index (χ1n) is 12.0. The van der Waals surface area contributed by atoms with Crippen LogP contribution in [0.25, 0.3) is 5.57 Å². The van der Waals surface area contributed by atoms with Crippen LogP contribution in [-0.4, -0.2) is 29.9 Å². The van der Waals surface area contributed by atoms with Crippen molar-refractivity contribution in [3.8, 4) is 5.75 Å². The number of nitrogens with zero attached hydrogens (tertiary/aromatic N) is 1. The number of rotatable bonds is 8. The molecular formula is C30H32N2O3. The Morgan fingerprint density at radius 2 is 1.49 bits per heavy atom. The van der Waals surface area contributed by atoms with Gasteiger partial charge in [0.25, 0.3) is 11.8 Å². The summed E-state index contributed by atoms with van der Waals surface area (Å²) in [6.45, 7) is 9.27. The Morgan fingerprint density at radius 1 is 0.829 bits per heavy atom. The van der Waals surface area contributed by atoms with Gasteiger partial charge in [0.05, 0.1) is 12.2 Å². The third kappa shape index (κ3) is 5.46. The first-order valence-corrected chi connectivity index (χ1v) is 12.0. The molecule has 35 heavy (non-hydrogen) atoms. The number of imide groups is 1. The van der Waals surface area contributed by atoms with Crippen molar-refractivity contribution in [1.82, 2.24) is 4.90 Å². The Bertz CT molecular complexity index is 1220. The Hall–Kier alpha value is -3.86. The van der Waals surface area contributed by atoms with E-state index in [4.69, 9.17) is 4.74 Å². The van der Waals surface area contributed by atoms with Crippen LogP contribution in [0.2, 0.25) is 0 Å². The number of hydrogen-bond donors (Lipinski definition) is 1. The van der Waals surface area contributed by atoms with Gasteiger partial charge in [0.1, 0.15) is 11.4 Å². The second-order valence-corrected chi connectivity index (χ2v) is 9.66. The maximum absolute atomic E-state index is 13.5. The highest BCUT2D eigenvalue weighted by atomic mass is 16.5. The molecule has 3 aromatic carbocycles. The van der Waals surface area contributed by atoms with E-state index in [1.807, 2.05) is 85.8 Å². The SMILES string of the molecule is CCOc1ccc(C2=C(Nc3ccc(C(C)(C)C)cc3)C(=O)N(CCc3ccccc3)C2=O)cc1. The van der Waals surface area contributed by atoms with Crippen molar-refractivity contribution in [3.05, 3.63) is 101 Å². The monoisotopic (exact) mass is 468 g/mol. The molecule has 1 aliphatic rings. The molecule has 180 valence electrons. The molecule has 0 aromatic heterocycles. The topological polar surface area (TPSA) is 58.6 Å². The van der Waals surface area contributed by atoms with Crippen LogP contribution in [0.1, 0.15) is 44.4 Å². The van der Waals surface area contributed by atoms with Gasteiger partial charge in [0.2, 0.25) is 0 Å².